The number of aromatic nitrogens is 1. The molecule has 0 spiro atoms. The minimum atomic E-state index is -0.695. The number of halogens is 1. The van der Waals surface area contributed by atoms with E-state index in [4.69, 9.17) is 5.73 Å². The Morgan fingerprint density at radius 2 is 1.90 bits per heavy atom. The van der Waals surface area contributed by atoms with Crippen molar-refractivity contribution in [3.8, 4) is 29.0 Å². The monoisotopic (exact) mass is 392 g/mol. The van der Waals surface area contributed by atoms with Crippen molar-refractivity contribution < 1.29 is 5.11 Å². The molecule has 0 aliphatic carbocycles. The van der Waals surface area contributed by atoms with Gasteiger partial charge in [-0.25, -0.2) is 0 Å². The summed E-state index contributed by atoms with van der Waals surface area (Å²) in [5.41, 5.74) is 5.53. The van der Waals surface area contributed by atoms with Crippen LogP contribution in [0.1, 0.15) is 16.7 Å². The molecule has 0 saturated heterocycles. The van der Waals surface area contributed by atoms with Crippen molar-refractivity contribution in [1.82, 2.24) is 4.98 Å². The van der Waals surface area contributed by atoms with Gasteiger partial charge in [-0.15, -0.1) is 0 Å². The van der Waals surface area contributed by atoms with Gasteiger partial charge in [0, 0.05) is 14.7 Å². The fraction of sp³-hybridized carbons (Fsp3) is 0.0714. The van der Waals surface area contributed by atoms with E-state index < -0.39 is 5.56 Å². The standard InChI is InChI=1S/C14H9IN4O2/c1-6-2-7(15)3-8(12(6)20)11-9(4-16)13(18)19-14(21)10(11)5-17/h2-3,20H,1H3,(H3,18,19,21). The van der Waals surface area contributed by atoms with E-state index in [1.165, 1.54) is 0 Å². The number of aryl methyl sites for hydroxylation is 1. The highest BCUT2D eigenvalue weighted by Crippen LogP contribution is 2.37. The van der Waals surface area contributed by atoms with Crippen LogP contribution >= 0.6 is 22.6 Å². The van der Waals surface area contributed by atoms with Gasteiger partial charge in [-0.1, -0.05) is 0 Å². The lowest BCUT2D eigenvalue weighted by molar-refractivity contribution is 0.473. The number of nitrogens with two attached hydrogens (primary N) is 1. The van der Waals surface area contributed by atoms with E-state index in [1.54, 1.807) is 25.1 Å². The third-order valence-corrected chi connectivity index (χ3v) is 3.63. The number of phenols is 1. The fourth-order valence-electron chi connectivity index (χ4n) is 2.04. The van der Waals surface area contributed by atoms with Gasteiger partial charge < -0.3 is 15.8 Å². The second-order valence-electron chi connectivity index (χ2n) is 4.34. The van der Waals surface area contributed by atoms with Crippen molar-refractivity contribution in [2.24, 2.45) is 0 Å². The Morgan fingerprint density at radius 1 is 1.29 bits per heavy atom. The number of aromatic amines is 1. The first-order chi connectivity index (χ1) is 9.90. The number of hydrogen-bond donors (Lipinski definition) is 3. The Kier molecular flexibility index (Phi) is 3.87. The smallest absolute Gasteiger partial charge is 0.268 e. The SMILES string of the molecule is Cc1cc(I)cc(-c2c(C#N)c(N)[nH]c(=O)c2C#N)c1O. The van der Waals surface area contributed by atoms with Crippen molar-refractivity contribution in [3.63, 3.8) is 0 Å². The number of benzene rings is 1. The van der Waals surface area contributed by atoms with Gasteiger partial charge in [-0.2, -0.15) is 10.5 Å². The average Bonchev–Trinajstić information content (AvgIpc) is 2.42. The van der Waals surface area contributed by atoms with Gasteiger partial charge in [-0.3, -0.25) is 4.79 Å². The van der Waals surface area contributed by atoms with Crippen LogP contribution in [0.25, 0.3) is 11.1 Å². The van der Waals surface area contributed by atoms with Gasteiger partial charge in [0.15, 0.2) is 0 Å². The van der Waals surface area contributed by atoms with Gasteiger partial charge in [0.25, 0.3) is 5.56 Å². The van der Waals surface area contributed by atoms with Crippen LogP contribution in [0.3, 0.4) is 0 Å². The lowest BCUT2D eigenvalue weighted by Gasteiger charge is -2.12. The molecule has 0 aliphatic rings. The molecule has 1 aromatic heterocycles. The van der Waals surface area contributed by atoms with Crippen molar-refractivity contribution in [2.75, 3.05) is 5.73 Å². The summed E-state index contributed by atoms with van der Waals surface area (Å²) in [4.78, 5) is 14.1. The molecule has 4 N–H and O–H groups in total. The molecule has 21 heavy (non-hydrogen) atoms. The van der Waals surface area contributed by atoms with Crippen LogP contribution in [0.4, 0.5) is 5.82 Å². The third kappa shape index (κ3) is 2.43. The summed E-state index contributed by atoms with van der Waals surface area (Å²) in [7, 11) is 0. The molecule has 0 aliphatic heterocycles. The summed E-state index contributed by atoms with van der Waals surface area (Å²) in [6.07, 6.45) is 0. The maximum Gasteiger partial charge on any atom is 0.268 e. The number of nitrogens with zero attached hydrogens (tertiary/aromatic N) is 2. The maximum atomic E-state index is 11.9. The molecular weight excluding hydrogens is 383 g/mol. The number of nitrogens with one attached hydrogen (secondary N) is 1. The lowest BCUT2D eigenvalue weighted by atomic mass is 9.94. The summed E-state index contributed by atoms with van der Waals surface area (Å²) in [6, 6.07) is 6.98. The summed E-state index contributed by atoms with van der Waals surface area (Å²) < 4.78 is 0.796. The first kappa shape index (κ1) is 14.9. The van der Waals surface area contributed by atoms with E-state index in [1.807, 2.05) is 28.7 Å². The number of anilines is 1. The van der Waals surface area contributed by atoms with E-state index in [0.29, 0.717) is 5.56 Å². The summed E-state index contributed by atoms with van der Waals surface area (Å²) in [5.74, 6) is -0.221. The number of aromatic hydroxyl groups is 1. The number of nitriles is 2. The quantitative estimate of drug-likeness (QED) is 0.640. The number of H-pyrrole nitrogens is 1. The molecule has 0 atom stereocenters. The van der Waals surface area contributed by atoms with Crippen molar-refractivity contribution in [2.45, 2.75) is 6.92 Å². The first-order valence-electron chi connectivity index (χ1n) is 5.76. The molecular formula is C14H9IN4O2. The number of phenolic OH excluding ortho intramolecular Hbond substituents is 1. The fourth-order valence-corrected chi connectivity index (χ4v) is 2.82. The van der Waals surface area contributed by atoms with Crippen LogP contribution in [0.2, 0.25) is 0 Å². The summed E-state index contributed by atoms with van der Waals surface area (Å²) >= 11 is 2.05. The third-order valence-electron chi connectivity index (χ3n) is 3.00. The largest absolute Gasteiger partial charge is 0.507 e. The molecule has 2 rings (SSSR count). The predicted octanol–water partition coefficient (Wildman–Crippen LogP) is 1.99. The zero-order valence-electron chi connectivity index (χ0n) is 10.9. The Balaban J connectivity index is 3.04. The van der Waals surface area contributed by atoms with E-state index in [2.05, 4.69) is 4.98 Å². The summed E-state index contributed by atoms with van der Waals surface area (Å²) in [5, 5.41) is 28.7. The molecule has 0 amide bonds. The van der Waals surface area contributed by atoms with E-state index in [0.717, 1.165) is 3.57 Å². The number of nitrogen functional groups attached to an aromatic ring is 1. The summed E-state index contributed by atoms with van der Waals surface area (Å²) in [6.45, 7) is 1.69. The second-order valence-corrected chi connectivity index (χ2v) is 5.58. The minimum Gasteiger partial charge on any atom is -0.507 e. The maximum absolute atomic E-state index is 11.9. The first-order valence-corrected chi connectivity index (χ1v) is 6.84. The molecule has 7 heteroatoms. The zero-order valence-corrected chi connectivity index (χ0v) is 13.0. The Morgan fingerprint density at radius 3 is 2.48 bits per heavy atom. The molecule has 0 unspecified atom stereocenters. The lowest BCUT2D eigenvalue weighted by Crippen LogP contribution is -2.16. The molecule has 0 bridgehead atoms. The van der Waals surface area contributed by atoms with Crippen LogP contribution in [0.15, 0.2) is 16.9 Å². The molecule has 2 aromatic rings. The molecule has 1 heterocycles. The Hall–Kier alpha value is -2.52. The number of rotatable bonds is 1. The Bertz CT molecular complexity index is 888. The molecule has 1 aromatic carbocycles. The molecule has 0 radical (unpaired) electrons. The van der Waals surface area contributed by atoms with E-state index in [-0.39, 0.29) is 33.8 Å². The van der Waals surface area contributed by atoms with Crippen LogP contribution < -0.4 is 11.3 Å². The molecule has 6 nitrogen and oxygen atoms in total. The van der Waals surface area contributed by atoms with Crippen LogP contribution in [-0.4, -0.2) is 10.1 Å². The van der Waals surface area contributed by atoms with Crippen molar-refractivity contribution in [1.29, 1.82) is 10.5 Å². The second kappa shape index (κ2) is 5.46. The Labute approximate surface area is 133 Å². The van der Waals surface area contributed by atoms with Crippen molar-refractivity contribution >= 4 is 28.4 Å². The highest BCUT2D eigenvalue weighted by molar-refractivity contribution is 14.1. The van der Waals surface area contributed by atoms with Crippen molar-refractivity contribution in [3.05, 3.63) is 42.7 Å². The van der Waals surface area contributed by atoms with Gasteiger partial charge in [0.2, 0.25) is 0 Å². The van der Waals surface area contributed by atoms with Gasteiger partial charge >= 0.3 is 0 Å². The number of hydrogen-bond acceptors (Lipinski definition) is 5. The zero-order chi connectivity index (χ0) is 15.7. The van der Waals surface area contributed by atoms with Gasteiger partial charge in [0.1, 0.15) is 34.8 Å². The minimum absolute atomic E-state index is 0.0390. The van der Waals surface area contributed by atoms with Crippen LogP contribution in [0, 0.1) is 33.2 Å². The van der Waals surface area contributed by atoms with Crippen LogP contribution in [-0.2, 0) is 0 Å². The van der Waals surface area contributed by atoms with Gasteiger partial charge in [-0.05, 0) is 47.2 Å². The molecule has 104 valence electrons. The molecule has 0 saturated carbocycles. The topological polar surface area (TPSA) is 127 Å². The normalized spacial score (nSPS) is 9.90. The highest BCUT2D eigenvalue weighted by atomic mass is 127. The van der Waals surface area contributed by atoms with Gasteiger partial charge in [0.05, 0.1) is 0 Å². The average molecular weight is 392 g/mol. The highest BCUT2D eigenvalue weighted by Gasteiger charge is 2.21. The predicted molar refractivity (Wildman–Crippen MR) is 85.5 cm³/mol. The van der Waals surface area contributed by atoms with E-state index in [9.17, 15) is 20.4 Å². The van der Waals surface area contributed by atoms with E-state index >= 15 is 0 Å². The van der Waals surface area contributed by atoms with Crippen LogP contribution in [0.5, 0.6) is 5.75 Å². The number of pyridine rings is 1. The molecule has 0 fully saturated rings.